The molecule has 23 heavy (non-hydrogen) atoms. The molecule has 2 bridgehead atoms. The van der Waals surface area contributed by atoms with Gasteiger partial charge < -0.3 is 4.74 Å². The van der Waals surface area contributed by atoms with E-state index in [1.165, 1.54) is 6.21 Å². The van der Waals surface area contributed by atoms with Crippen LogP contribution in [0.1, 0.15) is 18.4 Å². The Hall–Kier alpha value is -2.43. The molecule has 1 aromatic carbocycles. The lowest BCUT2D eigenvalue weighted by Gasteiger charge is -2.37. The van der Waals surface area contributed by atoms with Crippen LogP contribution in [0.4, 0.5) is 0 Å². The molecule has 1 heterocycles. The summed E-state index contributed by atoms with van der Waals surface area (Å²) in [4.78, 5) is 25.3. The third kappa shape index (κ3) is 2.11. The predicted octanol–water partition coefficient (Wildman–Crippen LogP) is 2.23. The van der Waals surface area contributed by atoms with Crippen molar-refractivity contribution < 1.29 is 14.3 Å². The fourth-order valence-corrected chi connectivity index (χ4v) is 4.07. The number of carbonyl (C=O) groups excluding carboxylic acids is 2. The van der Waals surface area contributed by atoms with Crippen molar-refractivity contribution in [3.63, 3.8) is 0 Å². The van der Waals surface area contributed by atoms with Gasteiger partial charge in [0.1, 0.15) is 5.75 Å². The van der Waals surface area contributed by atoms with Gasteiger partial charge in [-0.25, -0.2) is 0 Å². The number of para-hydroxylation sites is 1. The standard InChI is InChI=1S/C18H18N2O3/c1-23-14-5-3-2-4-13(14)10-19-20-17(21)15-11-6-7-12(9-8-11)16(15)18(20)22/h2-7,10-12,15-16H,8-9H2,1H3/b19-10-/t11-,12-,15-,16-/m1/s1. The van der Waals surface area contributed by atoms with E-state index in [-0.39, 0.29) is 35.5 Å². The van der Waals surface area contributed by atoms with E-state index in [0.717, 1.165) is 23.4 Å². The number of carbonyl (C=O) groups is 2. The second-order valence-electron chi connectivity index (χ2n) is 6.32. The van der Waals surface area contributed by atoms with Gasteiger partial charge in [0.25, 0.3) is 11.8 Å². The van der Waals surface area contributed by atoms with Crippen LogP contribution in [0, 0.1) is 23.7 Å². The van der Waals surface area contributed by atoms with Crippen LogP contribution >= 0.6 is 0 Å². The Labute approximate surface area is 134 Å². The average Bonchev–Trinajstić information content (AvgIpc) is 2.87. The molecule has 1 saturated heterocycles. The maximum Gasteiger partial charge on any atom is 0.254 e. The number of benzene rings is 1. The number of imide groups is 1. The summed E-state index contributed by atoms with van der Waals surface area (Å²) in [5.41, 5.74) is 0.742. The van der Waals surface area contributed by atoms with Crippen molar-refractivity contribution >= 4 is 18.0 Å². The summed E-state index contributed by atoms with van der Waals surface area (Å²) in [5, 5.41) is 5.26. The summed E-state index contributed by atoms with van der Waals surface area (Å²) >= 11 is 0. The molecule has 1 saturated carbocycles. The fourth-order valence-electron chi connectivity index (χ4n) is 4.07. The van der Waals surface area contributed by atoms with E-state index in [9.17, 15) is 9.59 Å². The first kappa shape index (κ1) is 14.2. The van der Waals surface area contributed by atoms with Crippen molar-refractivity contribution in [3.8, 4) is 5.75 Å². The Kier molecular flexibility index (Phi) is 3.29. The monoisotopic (exact) mass is 310 g/mol. The number of amides is 2. The minimum absolute atomic E-state index is 0.162. The van der Waals surface area contributed by atoms with Gasteiger partial charge in [-0.3, -0.25) is 9.59 Å². The second kappa shape index (κ2) is 5.33. The number of hydrazone groups is 1. The van der Waals surface area contributed by atoms with Gasteiger partial charge in [0.2, 0.25) is 0 Å². The molecule has 2 fully saturated rings. The molecule has 0 radical (unpaired) electrons. The van der Waals surface area contributed by atoms with Crippen LogP contribution < -0.4 is 4.74 Å². The first-order valence-corrected chi connectivity index (χ1v) is 7.94. The first-order valence-electron chi connectivity index (χ1n) is 7.94. The van der Waals surface area contributed by atoms with E-state index in [1.54, 1.807) is 7.11 Å². The molecule has 0 aromatic heterocycles. The number of hydrogen-bond acceptors (Lipinski definition) is 4. The number of rotatable bonds is 3. The van der Waals surface area contributed by atoms with E-state index in [1.807, 2.05) is 24.3 Å². The Morgan fingerprint density at radius 1 is 1.09 bits per heavy atom. The van der Waals surface area contributed by atoms with Crippen molar-refractivity contribution in [2.45, 2.75) is 12.8 Å². The lowest BCUT2D eigenvalue weighted by atomic mass is 9.63. The Balaban J connectivity index is 1.62. The molecule has 5 rings (SSSR count). The maximum atomic E-state index is 12.6. The van der Waals surface area contributed by atoms with Gasteiger partial charge in [0.05, 0.1) is 25.2 Å². The van der Waals surface area contributed by atoms with Crippen molar-refractivity contribution in [2.75, 3.05) is 7.11 Å². The van der Waals surface area contributed by atoms with Gasteiger partial charge >= 0.3 is 0 Å². The zero-order valence-electron chi connectivity index (χ0n) is 12.9. The summed E-state index contributed by atoms with van der Waals surface area (Å²) in [7, 11) is 1.58. The van der Waals surface area contributed by atoms with Crippen LogP contribution in [0.2, 0.25) is 0 Å². The average molecular weight is 310 g/mol. The molecule has 5 nitrogen and oxygen atoms in total. The molecule has 0 spiro atoms. The van der Waals surface area contributed by atoms with Crippen LogP contribution in [-0.4, -0.2) is 30.1 Å². The fraction of sp³-hybridized carbons (Fsp3) is 0.389. The van der Waals surface area contributed by atoms with Crippen LogP contribution in [0.15, 0.2) is 41.5 Å². The minimum atomic E-state index is -0.221. The van der Waals surface area contributed by atoms with Crippen molar-refractivity contribution in [2.24, 2.45) is 28.8 Å². The number of allylic oxidation sites excluding steroid dienone is 2. The molecule has 1 aliphatic heterocycles. The molecule has 5 heteroatoms. The lowest BCUT2D eigenvalue weighted by molar-refractivity contribution is -0.140. The van der Waals surface area contributed by atoms with Gasteiger partial charge in [-0.2, -0.15) is 10.1 Å². The summed E-state index contributed by atoms with van der Waals surface area (Å²) in [5.74, 6) is 0.271. The summed E-state index contributed by atoms with van der Waals surface area (Å²) < 4.78 is 5.26. The predicted molar refractivity (Wildman–Crippen MR) is 84.8 cm³/mol. The zero-order chi connectivity index (χ0) is 16.0. The number of fused-ring (bicyclic) bond motifs is 1. The van der Waals surface area contributed by atoms with Crippen LogP contribution in [0.5, 0.6) is 5.75 Å². The van der Waals surface area contributed by atoms with Gasteiger partial charge in [0.15, 0.2) is 0 Å². The number of nitrogens with zero attached hydrogens (tertiary/aromatic N) is 2. The normalized spacial score (nSPS) is 32.0. The van der Waals surface area contributed by atoms with E-state index in [4.69, 9.17) is 4.74 Å². The molecule has 0 unspecified atom stereocenters. The molecule has 4 atom stereocenters. The van der Waals surface area contributed by atoms with Crippen LogP contribution in [0.3, 0.4) is 0 Å². The van der Waals surface area contributed by atoms with Gasteiger partial charge in [-0.1, -0.05) is 24.3 Å². The molecule has 2 amide bonds. The Morgan fingerprint density at radius 3 is 2.26 bits per heavy atom. The number of ether oxygens (including phenoxy) is 1. The number of methoxy groups -OCH3 is 1. The first-order chi connectivity index (χ1) is 11.2. The minimum Gasteiger partial charge on any atom is -0.496 e. The van der Waals surface area contributed by atoms with Gasteiger partial charge in [0, 0.05) is 5.56 Å². The highest BCUT2D eigenvalue weighted by Gasteiger charge is 2.56. The highest BCUT2D eigenvalue weighted by Crippen LogP contribution is 2.49. The third-order valence-electron chi connectivity index (χ3n) is 5.19. The summed E-state index contributed by atoms with van der Waals surface area (Å²) in [6.07, 6.45) is 7.72. The molecule has 3 aliphatic carbocycles. The molecular formula is C18H18N2O3. The van der Waals surface area contributed by atoms with Crippen molar-refractivity contribution in [1.29, 1.82) is 0 Å². The maximum absolute atomic E-state index is 12.6. The third-order valence-corrected chi connectivity index (χ3v) is 5.19. The van der Waals surface area contributed by atoms with E-state index in [2.05, 4.69) is 17.3 Å². The molecule has 1 aromatic rings. The van der Waals surface area contributed by atoms with Crippen molar-refractivity contribution in [1.82, 2.24) is 5.01 Å². The summed E-state index contributed by atoms with van der Waals surface area (Å²) in [6.45, 7) is 0. The lowest BCUT2D eigenvalue weighted by Crippen LogP contribution is -2.38. The number of hydrogen-bond donors (Lipinski definition) is 0. The van der Waals surface area contributed by atoms with Crippen LogP contribution in [0.25, 0.3) is 0 Å². The SMILES string of the molecule is COc1ccccc1/C=N\N1C(=O)[C@H]2[C@H](C1=O)[C@@H]1C=C[C@@H]2CC1. The smallest absolute Gasteiger partial charge is 0.254 e. The Bertz CT molecular complexity index is 693. The summed E-state index contributed by atoms with van der Waals surface area (Å²) in [6, 6.07) is 7.38. The Morgan fingerprint density at radius 2 is 1.70 bits per heavy atom. The quantitative estimate of drug-likeness (QED) is 0.489. The van der Waals surface area contributed by atoms with Gasteiger partial charge in [-0.05, 0) is 36.8 Å². The van der Waals surface area contributed by atoms with E-state index >= 15 is 0 Å². The topological polar surface area (TPSA) is 59.0 Å². The largest absolute Gasteiger partial charge is 0.496 e. The van der Waals surface area contributed by atoms with Crippen LogP contribution in [-0.2, 0) is 9.59 Å². The highest BCUT2D eigenvalue weighted by atomic mass is 16.5. The second-order valence-corrected chi connectivity index (χ2v) is 6.32. The van der Waals surface area contributed by atoms with Crippen molar-refractivity contribution in [3.05, 3.63) is 42.0 Å². The van der Waals surface area contributed by atoms with E-state index < -0.39 is 0 Å². The zero-order valence-corrected chi connectivity index (χ0v) is 12.9. The molecular weight excluding hydrogens is 292 g/mol. The van der Waals surface area contributed by atoms with E-state index in [0.29, 0.717) is 5.75 Å². The molecule has 0 N–H and O–H groups in total. The van der Waals surface area contributed by atoms with Gasteiger partial charge in [-0.15, -0.1) is 0 Å². The molecule has 118 valence electrons. The molecule has 4 aliphatic rings. The highest BCUT2D eigenvalue weighted by molar-refractivity contribution is 6.06.